The lowest BCUT2D eigenvalue weighted by molar-refractivity contribution is 1.10. The summed E-state index contributed by atoms with van der Waals surface area (Å²) in [5, 5.41) is 8.22. The zero-order valence-corrected chi connectivity index (χ0v) is 10.3. The van der Waals surface area contributed by atoms with Crippen LogP contribution in [0.15, 0.2) is 30.6 Å². The maximum atomic E-state index is 6.13. The van der Waals surface area contributed by atoms with Gasteiger partial charge in [-0.2, -0.15) is 0 Å². The molecule has 90 valence electrons. The van der Waals surface area contributed by atoms with Crippen LogP contribution in [0.2, 0.25) is 0 Å². The van der Waals surface area contributed by atoms with E-state index in [4.69, 9.17) is 5.73 Å². The van der Waals surface area contributed by atoms with Gasteiger partial charge in [0.05, 0.1) is 0 Å². The lowest BCUT2D eigenvalue weighted by atomic mass is 10.0. The molecule has 2 heterocycles. The van der Waals surface area contributed by atoms with Crippen molar-refractivity contribution >= 4 is 11.5 Å². The van der Waals surface area contributed by atoms with Gasteiger partial charge in [0.15, 0.2) is 5.82 Å². The highest BCUT2D eigenvalue weighted by Crippen LogP contribution is 2.28. The van der Waals surface area contributed by atoms with Crippen molar-refractivity contribution in [1.82, 2.24) is 19.6 Å². The summed E-state index contributed by atoms with van der Waals surface area (Å²) >= 11 is 0. The SMILES string of the molecule is Cc1cc(C)c(N)c(-c2nnc3ncccn23)c1. The number of benzene rings is 1. The van der Waals surface area contributed by atoms with Crippen molar-refractivity contribution in [3.05, 3.63) is 41.7 Å². The summed E-state index contributed by atoms with van der Waals surface area (Å²) < 4.78 is 1.84. The van der Waals surface area contributed by atoms with Crippen LogP contribution in [-0.2, 0) is 0 Å². The van der Waals surface area contributed by atoms with Crippen LogP contribution in [-0.4, -0.2) is 19.6 Å². The Hall–Kier alpha value is -2.43. The molecule has 0 atom stereocenters. The third kappa shape index (κ3) is 1.52. The van der Waals surface area contributed by atoms with Gasteiger partial charge in [-0.05, 0) is 37.1 Å². The molecule has 3 aromatic rings. The number of aromatic nitrogens is 4. The molecule has 0 radical (unpaired) electrons. The number of aryl methyl sites for hydroxylation is 2. The molecule has 0 aliphatic carbocycles. The van der Waals surface area contributed by atoms with E-state index >= 15 is 0 Å². The van der Waals surface area contributed by atoms with Gasteiger partial charge in [-0.15, -0.1) is 10.2 Å². The molecule has 5 heteroatoms. The summed E-state index contributed by atoms with van der Waals surface area (Å²) in [5.41, 5.74) is 9.96. The number of hydrogen-bond acceptors (Lipinski definition) is 4. The van der Waals surface area contributed by atoms with Gasteiger partial charge in [0.25, 0.3) is 5.78 Å². The topological polar surface area (TPSA) is 69.1 Å². The van der Waals surface area contributed by atoms with Crippen LogP contribution in [0.1, 0.15) is 11.1 Å². The van der Waals surface area contributed by atoms with Gasteiger partial charge in [0.1, 0.15) is 0 Å². The van der Waals surface area contributed by atoms with Gasteiger partial charge in [-0.25, -0.2) is 4.98 Å². The predicted molar refractivity (Wildman–Crippen MR) is 70.1 cm³/mol. The van der Waals surface area contributed by atoms with Crippen molar-refractivity contribution in [1.29, 1.82) is 0 Å². The normalized spacial score (nSPS) is 11.0. The molecule has 0 fully saturated rings. The summed E-state index contributed by atoms with van der Waals surface area (Å²) in [6.07, 6.45) is 3.58. The van der Waals surface area contributed by atoms with Crippen molar-refractivity contribution in [3.63, 3.8) is 0 Å². The van der Waals surface area contributed by atoms with E-state index in [9.17, 15) is 0 Å². The Kier molecular flexibility index (Phi) is 2.26. The fraction of sp³-hybridized carbons (Fsp3) is 0.154. The smallest absolute Gasteiger partial charge is 0.255 e. The van der Waals surface area contributed by atoms with Crippen LogP contribution in [0.25, 0.3) is 17.2 Å². The second kappa shape index (κ2) is 3.80. The minimum atomic E-state index is 0.575. The molecular weight excluding hydrogens is 226 g/mol. The van der Waals surface area contributed by atoms with E-state index in [1.54, 1.807) is 6.20 Å². The third-order valence-electron chi connectivity index (χ3n) is 2.96. The first-order valence-electron chi connectivity index (χ1n) is 5.69. The highest BCUT2D eigenvalue weighted by molar-refractivity contribution is 5.76. The van der Waals surface area contributed by atoms with E-state index in [1.807, 2.05) is 36.6 Å². The molecule has 0 amide bonds. The van der Waals surface area contributed by atoms with E-state index in [0.717, 1.165) is 28.2 Å². The zero-order valence-electron chi connectivity index (χ0n) is 10.3. The Morgan fingerprint density at radius 2 is 2.00 bits per heavy atom. The molecule has 0 spiro atoms. The average molecular weight is 239 g/mol. The number of nitrogen functional groups attached to an aromatic ring is 1. The first-order valence-corrected chi connectivity index (χ1v) is 5.69. The van der Waals surface area contributed by atoms with Gasteiger partial charge in [0, 0.05) is 23.6 Å². The molecule has 0 saturated heterocycles. The van der Waals surface area contributed by atoms with Crippen LogP contribution in [0, 0.1) is 13.8 Å². The first-order chi connectivity index (χ1) is 8.66. The van der Waals surface area contributed by atoms with Gasteiger partial charge < -0.3 is 5.73 Å². The number of fused-ring (bicyclic) bond motifs is 1. The van der Waals surface area contributed by atoms with Crippen molar-refractivity contribution in [2.45, 2.75) is 13.8 Å². The molecule has 1 aromatic carbocycles. The molecule has 0 aliphatic heterocycles. The quantitative estimate of drug-likeness (QED) is 0.659. The van der Waals surface area contributed by atoms with Crippen molar-refractivity contribution in [2.75, 3.05) is 5.73 Å². The van der Waals surface area contributed by atoms with Crippen LogP contribution < -0.4 is 5.73 Å². The summed E-state index contributed by atoms with van der Waals surface area (Å²) in [5.74, 6) is 1.30. The number of rotatable bonds is 1. The number of hydrogen-bond donors (Lipinski definition) is 1. The molecule has 2 aromatic heterocycles. The molecule has 0 saturated carbocycles. The predicted octanol–water partition coefficient (Wildman–Crippen LogP) is 1.99. The lowest BCUT2D eigenvalue weighted by Gasteiger charge is -2.08. The van der Waals surface area contributed by atoms with Gasteiger partial charge in [-0.1, -0.05) is 6.07 Å². The molecule has 18 heavy (non-hydrogen) atoms. The molecule has 2 N–H and O–H groups in total. The Morgan fingerprint density at radius 3 is 2.83 bits per heavy atom. The van der Waals surface area contributed by atoms with Gasteiger partial charge in [0.2, 0.25) is 0 Å². The number of nitrogens with zero attached hydrogens (tertiary/aromatic N) is 4. The highest BCUT2D eigenvalue weighted by atomic mass is 15.3. The first kappa shape index (κ1) is 10.7. The van der Waals surface area contributed by atoms with Gasteiger partial charge >= 0.3 is 0 Å². The van der Waals surface area contributed by atoms with Crippen LogP contribution in [0.4, 0.5) is 5.69 Å². The highest BCUT2D eigenvalue weighted by Gasteiger charge is 2.13. The fourth-order valence-electron chi connectivity index (χ4n) is 2.09. The largest absolute Gasteiger partial charge is 0.398 e. The minimum Gasteiger partial charge on any atom is -0.398 e. The van der Waals surface area contributed by atoms with E-state index in [-0.39, 0.29) is 0 Å². The van der Waals surface area contributed by atoms with E-state index in [2.05, 4.69) is 21.2 Å². The lowest BCUT2D eigenvalue weighted by Crippen LogP contribution is -1.98. The number of anilines is 1. The summed E-state index contributed by atoms with van der Waals surface area (Å²) in [6.45, 7) is 4.03. The third-order valence-corrected chi connectivity index (χ3v) is 2.96. The molecule has 0 unspecified atom stereocenters. The monoisotopic (exact) mass is 239 g/mol. The van der Waals surface area contributed by atoms with Crippen molar-refractivity contribution in [3.8, 4) is 11.4 Å². The summed E-state index contributed by atoms with van der Waals surface area (Å²) in [6, 6.07) is 5.92. The van der Waals surface area contributed by atoms with E-state index in [1.165, 1.54) is 0 Å². The van der Waals surface area contributed by atoms with Crippen LogP contribution in [0.5, 0.6) is 0 Å². The number of nitrogens with two attached hydrogens (primary N) is 1. The maximum Gasteiger partial charge on any atom is 0.255 e. The Labute approximate surface area is 104 Å². The zero-order chi connectivity index (χ0) is 12.7. The minimum absolute atomic E-state index is 0.575. The summed E-state index contributed by atoms with van der Waals surface area (Å²) in [7, 11) is 0. The Bertz CT molecular complexity index is 729. The second-order valence-electron chi connectivity index (χ2n) is 4.36. The molecular formula is C13H13N5. The van der Waals surface area contributed by atoms with Crippen molar-refractivity contribution in [2.24, 2.45) is 0 Å². The second-order valence-corrected chi connectivity index (χ2v) is 4.36. The molecule has 5 nitrogen and oxygen atoms in total. The van der Waals surface area contributed by atoms with Crippen molar-refractivity contribution < 1.29 is 0 Å². The molecule has 0 aliphatic rings. The molecule has 3 rings (SSSR count). The van der Waals surface area contributed by atoms with E-state index in [0.29, 0.717) is 5.78 Å². The van der Waals surface area contributed by atoms with Crippen LogP contribution >= 0.6 is 0 Å². The van der Waals surface area contributed by atoms with Crippen LogP contribution in [0.3, 0.4) is 0 Å². The fourth-order valence-corrected chi connectivity index (χ4v) is 2.09. The molecule has 0 bridgehead atoms. The average Bonchev–Trinajstić information content (AvgIpc) is 2.77. The Balaban J connectivity index is 2.33. The maximum absolute atomic E-state index is 6.13. The Morgan fingerprint density at radius 1 is 1.17 bits per heavy atom. The standard InChI is InChI=1S/C13H13N5/c1-8-6-9(2)11(14)10(7-8)12-16-17-13-15-4-3-5-18(12)13/h3-7H,14H2,1-2H3. The van der Waals surface area contributed by atoms with Gasteiger partial charge in [-0.3, -0.25) is 4.40 Å². The summed E-state index contributed by atoms with van der Waals surface area (Å²) in [4.78, 5) is 4.15. The van der Waals surface area contributed by atoms with E-state index < -0.39 is 0 Å².